The van der Waals surface area contributed by atoms with Crippen LogP contribution in [0, 0.1) is 22.7 Å². The van der Waals surface area contributed by atoms with Crippen molar-refractivity contribution >= 4 is 28.8 Å². The third-order valence-electron chi connectivity index (χ3n) is 3.69. The molecule has 1 atom stereocenters. The van der Waals surface area contributed by atoms with Gasteiger partial charge < -0.3 is 10.1 Å². The molecule has 0 saturated heterocycles. The van der Waals surface area contributed by atoms with Gasteiger partial charge in [0, 0.05) is 5.56 Å². The summed E-state index contributed by atoms with van der Waals surface area (Å²) in [7, 11) is 0. The largest absolute Gasteiger partial charge is 0.488 e. The van der Waals surface area contributed by atoms with Crippen LogP contribution in [0.25, 0.3) is 0 Å². The Morgan fingerprint density at radius 1 is 1.18 bits per heavy atom. The van der Waals surface area contributed by atoms with E-state index in [1.54, 1.807) is 0 Å². The van der Waals surface area contributed by atoms with Crippen LogP contribution in [0.4, 0.5) is 13.2 Å². The molecule has 4 nitrogen and oxygen atoms in total. The predicted octanol–water partition coefficient (Wildman–Crippen LogP) is 4.86. The summed E-state index contributed by atoms with van der Waals surface area (Å²) < 4.78 is 43.5. The molecule has 9 heteroatoms. The highest BCUT2D eigenvalue weighted by atomic mass is 35.5. The third-order valence-corrected chi connectivity index (χ3v) is 4.32. The Balaban J connectivity index is 2.08. The molecule has 0 saturated carbocycles. The van der Waals surface area contributed by atoms with Crippen molar-refractivity contribution in [2.75, 3.05) is 6.61 Å². The molecule has 2 aromatic rings. The van der Waals surface area contributed by atoms with Gasteiger partial charge in [-0.05, 0) is 37.3 Å². The summed E-state index contributed by atoms with van der Waals surface area (Å²) in [5, 5.41) is 21.3. The maximum Gasteiger partial charge on any atom is 0.416 e. The summed E-state index contributed by atoms with van der Waals surface area (Å²) in [6.07, 6.45) is -4.44. The maximum absolute atomic E-state index is 12.7. The van der Waals surface area contributed by atoms with Crippen LogP contribution < -0.4 is 10.1 Å². The minimum absolute atomic E-state index is 0.104. The van der Waals surface area contributed by atoms with Crippen LogP contribution in [0.5, 0.6) is 5.75 Å². The number of ether oxygens (including phenoxy) is 1. The molecule has 0 aliphatic rings. The number of benzene rings is 2. The van der Waals surface area contributed by atoms with E-state index in [2.05, 4.69) is 5.32 Å². The van der Waals surface area contributed by atoms with Crippen molar-refractivity contribution in [1.82, 2.24) is 5.32 Å². The second-order valence-corrected chi connectivity index (χ2v) is 6.83. The summed E-state index contributed by atoms with van der Waals surface area (Å²) in [5.74, 6) is 0.282. The van der Waals surface area contributed by atoms with E-state index in [-0.39, 0.29) is 22.4 Å². The van der Waals surface area contributed by atoms with Crippen molar-refractivity contribution in [3.63, 3.8) is 0 Å². The first-order valence-electron chi connectivity index (χ1n) is 7.81. The second kappa shape index (κ2) is 8.47. The average molecular weight is 424 g/mol. The molecule has 0 aromatic heterocycles. The Hall–Kier alpha value is -2.81. The summed E-state index contributed by atoms with van der Waals surface area (Å²) >= 11 is 11.2. The van der Waals surface area contributed by atoms with Crippen LogP contribution in [-0.4, -0.2) is 17.1 Å². The highest BCUT2D eigenvalue weighted by Gasteiger charge is 2.31. The van der Waals surface area contributed by atoms with Gasteiger partial charge >= 0.3 is 6.18 Å². The molecular weight excluding hydrogens is 411 g/mol. The molecule has 2 rings (SSSR count). The number of alkyl halides is 3. The summed E-state index contributed by atoms with van der Waals surface area (Å²) in [6.45, 7) is 1.39. The van der Waals surface area contributed by atoms with Gasteiger partial charge in [0.25, 0.3) is 0 Å². The van der Waals surface area contributed by atoms with Gasteiger partial charge in [0.1, 0.15) is 17.3 Å². The van der Waals surface area contributed by atoms with E-state index in [1.165, 1.54) is 37.3 Å². The number of nitrogens with zero attached hydrogens (tertiary/aromatic N) is 2. The van der Waals surface area contributed by atoms with E-state index in [1.807, 2.05) is 12.1 Å². The maximum atomic E-state index is 12.7. The Morgan fingerprint density at radius 2 is 1.82 bits per heavy atom. The fourth-order valence-corrected chi connectivity index (χ4v) is 2.74. The number of thiocarbonyl (C=S) groups is 1. The van der Waals surface area contributed by atoms with Crippen LogP contribution >= 0.6 is 23.8 Å². The highest BCUT2D eigenvalue weighted by Crippen LogP contribution is 2.29. The van der Waals surface area contributed by atoms with Crippen LogP contribution in [-0.2, 0) is 6.18 Å². The monoisotopic (exact) mass is 423 g/mol. The minimum Gasteiger partial charge on any atom is -0.488 e. The Kier molecular flexibility index (Phi) is 6.50. The molecule has 0 radical (unpaired) electrons. The topological polar surface area (TPSA) is 68.8 Å². The standard InChI is InChI=1S/C19H13ClF3N3OS/c1-18(10-25,11-27-16-7-2-12(9-24)8-15(16)20)26-17(28)13-3-5-14(6-4-13)19(21,22)23/h2-8H,11H2,1H3,(H,26,28). The zero-order valence-electron chi connectivity index (χ0n) is 14.5. The molecule has 0 aliphatic carbocycles. The molecule has 0 bridgehead atoms. The van der Waals surface area contributed by atoms with Crippen LogP contribution in [0.1, 0.15) is 23.6 Å². The van der Waals surface area contributed by atoms with Crippen molar-refractivity contribution in [2.45, 2.75) is 18.6 Å². The third kappa shape index (κ3) is 5.35. The number of nitrogens with one attached hydrogen (secondary N) is 1. The predicted molar refractivity (Wildman–Crippen MR) is 102 cm³/mol. The number of halogens is 4. The molecule has 1 unspecified atom stereocenters. The summed E-state index contributed by atoms with van der Waals surface area (Å²) in [6, 6.07) is 12.7. The van der Waals surface area contributed by atoms with E-state index in [4.69, 9.17) is 33.8 Å². The molecule has 28 heavy (non-hydrogen) atoms. The van der Waals surface area contributed by atoms with Crippen LogP contribution in [0.15, 0.2) is 42.5 Å². The Labute approximate surface area is 170 Å². The zero-order chi connectivity index (χ0) is 20.9. The first-order chi connectivity index (χ1) is 13.1. The molecule has 1 N–H and O–H groups in total. The molecule has 0 spiro atoms. The van der Waals surface area contributed by atoms with Gasteiger partial charge in [0.15, 0.2) is 5.54 Å². The fraction of sp³-hybridized carbons (Fsp3) is 0.211. The van der Waals surface area contributed by atoms with E-state index < -0.39 is 17.3 Å². The quantitative estimate of drug-likeness (QED) is 0.696. The lowest BCUT2D eigenvalue weighted by atomic mass is 10.0. The van der Waals surface area contributed by atoms with Gasteiger partial charge in [-0.1, -0.05) is 36.0 Å². The van der Waals surface area contributed by atoms with E-state index >= 15 is 0 Å². The first-order valence-corrected chi connectivity index (χ1v) is 8.60. The van der Waals surface area contributed by atoms with E-state index in [9.17, 15) is 18.4 Å². The fourth-order valence-electron chi connectivity index (χ4n) is 2.14. The normalized spacial score (nSPS) is 13.0. The Bertz CT molecular complexity index is 964. The first kappa shape index (κ1) is 21.5. The SMILES string of the molecule is CC(C#N)(COc1ccc(C#N)cc1Cl)NC(=S)c1ccc(C(F)(F)F)cc1. The summed E-state index contributed by atoms with van der Waals surface area (Å²) in [4.78, 5) is 0.104. The number of nitriles is 2. The number of rotatable bonds is 5. The van der Waals surface area contributed by atoms with Gasteiger partial charge in [0.2, 0.25) is 0 Å². The molecular formula is C19H13ClF3N3OS. The number of hydrogen-bond acceptors (Lipinski definition) is 4. The van der Waals surface area contributed by atoms with Crippen molar-refractivity contribution in [2.24, 2.45) is 0 Å². The smallest absolute Gasteiger partial charge is 0.416 e. The van der Waals surface area contributed by atoms with E-state index in [0.717, 1.165) is 12.1 Å². The minimum atomic E-state index is -4.44. The van der Waals surface area contributed by atoms with Crippen LogP contribution in [0.2, 0.25) is 5.02 Å². The molecule has 0 aliphatic heterocycles. The van der Waals surface area contributed by atoms with Crippen molar-refractivity contribution in [3.05, 3.63) is 64.2 Å². The van der Waals surface area contributed by atoms with Crippen molar-refractivity contribution in [3.8, 4) is 17.9 Å². The molecule has 0 fully saturated rings. The highest BCUT2D eigenvalue weighted by molar-refractivity contribution is 7.80. The lowest BCUT2D eigenvalue weighted by Crippen LogP contribution is -2.49. The molecule has 2 aromatic carbocycles. The van der Waals surface area contributed by atoms with E-state index in [0.29, 0.717) is 11.1 Å². The van der Waals surface area contributed by atoms with Gasteiger partial charge in [0.05, 0.1) is 28.3 Å². The molecule has 0 heterocycles. The average Bonchev–Trinajstić information content (AvgIpc) is 2.66. The van der Waals surface area contributed by atoms with Crippen LogP contribution in [0.3, 0.4) is 0 Å². The van der Waals surface area contributed by atoms with Gasteiger partial charge in [-0.25, -0.2) is 0 Å². The molecule has 144 valence electrons. The molecule has 0 amide bonds. The lowest BCUT2D eigenvalue weighted by Gasteiger charge is -2.25. The van der Waals surface area contributed by atoms with Crippen molar-refractivity contribution in [1.29, 1.82) is 10.5 Å². The Morgan fingerprint density at radius 3 is 2.32 bits per heavy atom. The zero-order valence-corrected chi connectivity index (χ0v) is 16.0. The lowest BCUT2D eigenvalue weighted by molar-refractivity contribution is -0.137. The van der Waals surface area contributed by atoms with Gasteiger partial charge in [-0.15, -0.1) is 0 Å². The van der Waals surface area contributed by atoms with Gasteiger partial charge in [-0.3, -0.25) is 0 Å². The van der Waals surface area contributed by atoms with Gasteiger partial charge in [-0.2, -0.15) is 23.7 Å². The van der Waals surface area contributed by atoms with Crippen molar-refractivity contribution < 1.29 is 17.9 Å². The second-order valence-electron chi connectivity index (χ2n) is 6.02. The summed E-state index contributed by atoms with van der Waals surface area (Å²) in [5.41, 5.74) is -1.36. The number of hydrogen-bond donors (Lipinski definition) is 1.